The van der Waals surface area contributed by atoms with Crippen LogP contribution in [0.3, 0.4) is 0 Å². The summed E-state index contributed by atoms with van der Waals surface area (Å²) in [6.07, 6.45) is 8.40. The quantitative estimate of drug-likeness (QED) is 0.702. The van der Waals surface area contributed by atoms with E-state index in [9.17, 15) is 8.42 Å². The topological polar surface area (TPSA) is 49.4 Å². The van der Waals surface area contributed by atoms with Crippen LogP contribution in [-0.2, 0) is 16.4 Å². The van der Waals surface area contributed by atoms with Gasteiger partial charge in [-0.15, -0.1) is 0 Å². The van der Waals surface area contributed by atoms with Crippen molar-refractivity contribution in [2.24, 2.45) is 0 Å². The molecule has 0 radical (unpaired) electrons. The Balaban J connectivity index is 1.43. The molecule has 4 nitrogen and oxygen atoms in total. The second-order valence-electron chi connectivity index (χ2n) is 8.07. The Hall–Kier alpha value is -1.85. The maximum Gasteiger partial charge on any atom is 0.229 e. The van der Waals surface area contributed by atoms with E-state index < -0.39 is 10.0 Å². The van der Waals surface area contributed by atoms with Gasteiger partial charge in [0, 0.05) is 11.7 Å². The molecule has 1 fully saturated rings. The summed E-state index contributed by atoms with van der Waals surface area (Å²) in [4.78, 5) is 2.54. The van der Waals surface area contributed by atoms with E-state index >= 15 is 0 Å². The van der Waals surface area contributed by atoms with Gasteiger partial charge in [-0.2, -0.15) is 0 Å². The molecule has 0 aromatic heterocycles. The van der Waals surface area contributed by atoms with Crippen LogP contribution in [0.1, 0.15) is 49.1 Å². The molecule has 3 rings (SSSR count). The third-order valence-electron chi connectivity index (χ3n) is 5.82. The van der Waals surface area contributed by atoms with E-state index in [4.69, 9.17) is 0 Å². The van der Waals surface area contributed by atoms with Gasteiger partial charge in [-0.1, -0.05) is 42.5 Å². The molecule has 0 spiro atoms. The molecule has 1 aliphatic carbocycles. The number of nitrogens with one attached hydrogen (secondary N) is 1. The first-order valence-corrected chi connectivity index (χ1v) is 12.1. The van der Waals surface area contributed by atoms with E-state index in [0.29, 0.717) is 17.6 Å². The average molecular weight is 401 g/mol. The van der Waals surface area contributed by atoms with Crippen LogP contribution in [0.15, 0.2) is 54.6 Å². The maximum atomic E-state index is 11.3. The summed E-state index contributed by atoms with van der Waals surface area (Å²) >= 11 is 0. The van der Waals surface area contributed by atoms with Gasteiger partial charge in [0.15, 0.2) is 0 Å². The Morgan fingerprint density at radius 2 is 1.61 bits per heavy atom. The van der Waals surface area contributed by atoms with Crippen LogP contribution in [0.2, 0.25) is 0 Å². The number of anilines is 1. The molecule has 152 valence electrons. The first kappa shape index (κ1) is 20.9. The standard InChI is InChI=1S/C23H32N2O2S/c1-25(18-6-9-19-7-4-3-5-8-19)23-16-12-21(13-17-23)20-10-14-22(15-11-20)24-28(2,26)27/h3-5,7-8,10-11,14-15,21,23-24H,6,9,12-13,16-18H2,1-2H3/t21-,23-. The fourth-order valence-electron chi connectivity index (χ4n) is 4.25. The summed E-state index contributed by atoms with van der Waals surface area (Å²) in [6.45, 7) is 1.15. The number of aryl methyl sites for hydroxylation is 1. The van der Waals surface area contributed by atoms with Crippen LogP contribution in [0.4, 0.5) is 5.69 Å². The highest BCUT2D eigenvalue weighted by Gasteiger charge is 2.24. The molecule has 1 aliphatic rings. The Morgan fingerprint density at radius 3 is 2.21 bits per heavy atom. The third-order valence-corrected chi connectivity index (χ3v) is 6.43. The van der Waals surface area contributed by atoms with Crippen LogP contribution < -0.4 is 4.72 Å². The highest BCUT2D eigenvalue weighted by Crippen LogP contribution is 2.35. The largest absolute Gasteiger partial charge is 0.303 e. The van der Waals surface area contributed by atoms with Gasteiger partial charge in [-0.05, 0) is 81.3 Å². The maximum absolute atomic E-state index is 11.3. The zero-order chi connectivity index (χ0) is 20.0. The minimum absolute atomic E-state index is 0.584. The van der Waals surface area contributed by atoms with Crippen molar-refractivity contribution in [1.82, 2.24) is 4.90 Å². The van der Waals surface area contributed by atoms with E-state index in [1.54, 1.807) is 0 Å². The minimum Gasteiger partial charge on any atom is -0.303 e. The number of rotatable bonds is 8. The van der Waals surface area contributed by atoms with Crippen LogP contribution >= 0.6 is 0 Å². The van der Waals surface area contributed by atoms with Gasteiger partial charge in [0.05, 0.1) is 6.26 Å². The van der Waals surface area contributed by atoms with E-state index in [-0.39, 0.29) is 0 Å². The summed E-state index contributed by atoms with van der Waals surface area (Å²) in [6, 6.07) is 19.3. The van der Waals surface area contributed by atoms with Crippen molar-refractivity contribution in [1.29, 1.82) is 0 Å². The molecular weight excluding hydrogens is 368 g/mol. The first-order valence-electron chi connectivity index (χ1n) is 10.2. The molecule has 0 atom stereocenters. The van der Waals surface area contributed by atoms with E-state index in [0.717, 1.165) is 13.0 Å². The number of hydrogen-bond acceptors (Lipinski definition) is 3. The van der Waals surface area contributed by atoms with Crippen molar-refractivity contribution in [3.63, 3.8) is 0 Å². The zero-order valence-electron chi connectivity index (χ0n) is 17.0. The Bertz CT molecular complexity index is 827. The lowest BCUT2D eigenvalue weighted by Gasteiger charge is -2.35. The summed E-state index contributed by atoms with van der Waals surface area (Å²) in [5, 5.41) is 0. The predicted octanol–water partition coefficient (Wildman–Crippen LogP) is 4.65. The molecule has 0 bridgehead atoms. The smallest absolute Gasteiger partial charge is 0.229 e. The van der Waals surface area contributed by atoms with Crippen LogP contribution in [-0.4, -0.2) is 39.2 Å². The molecule has 0 aliphatic heterocycles. The van der Waals surface area contributed by atoms with Crippen molar-refractivity contribution in [2.45, 2.75) is 50.5 Å². The molecule has 28 heavy (non-hydrogen) atoms. The second-order valence-corrected chi connectivity index (χ2v) is 9.82. The SMILES string of the molecule is CN(CCCc1ccccc1)[C@H]1CC[C@H](c2ccc(NS(C)(=O)=O)cc2)CC1. The summed E-state index contributed by atoms with van der Waals surface area (Å²) in [5.74, 6) is 0.584. The molecule has 0 saturated heterocycles. The van der Waals surface area contributed by atoms with Gasteiger partial charge < -0.3 is 4.90 Å². The zero-order valence-corrected chi connectivity index (χ0v) is 17.8. The Kier molecular flexibility index (Phi) is 7.13. The van der Waals surface area contributed by atoms with Crippen molar-refractivity contribution in [3.8, 4) is 0 Å². The van der Waals surface area contributed by atoms with E-state index in [2.05, 4.69) is 59.1 Å². The molecule has 1 N–H and O–H groups in total. The van der Waals surface area contributed by atoms with E-state index in [1.807, 2.05) is 12.1 Å². The fourth-order valence-corrected chi connectivity index (χ4v) is 4.81. The lowest BCUT2D eigenvalue weighted by atomic mass is 9.81. The van der Waals surface area contributed by atoms with Gasteiger partial charge in [0.1, 0.15) is 0 Å². The van der Waals surface area contributed by atoms with Crippen LogP contribution in [0.25, 0.3) is 0 Å². The number of benzene rings is 2. The number of nitrogens with zero attached hydrogens (tertiary/aromatic N) is 1. The summed E-state index contributed by atoms with van der Waals surface area (Å²) in [7, 11) is -0.947. The molecule has 0 unspecified atom stereocenters. The van der Waals surface area contributed by atoms with Gasteiger partial charge in [-0.25, -0.2) is 8.42 Å². The normalized spacial score (nSPS) is 20.2. The van der Waals surface area contributed by atoms with E-state index in [1.165, 1.54) is 49.5 Å². The molecule has 0 heterocycles. The minimum atomic E-state index is -3.21. The van der Waals surface area contributed by atoms with Crippen molar-refractivity contribution in [3.05, 3.63) is 65.7 Å². The summed E-state index contributed by atoms with van der Waals surface area (Å²) in [5.41, 5.74) is 3.38. The molecule has 0 amide bonds. The summed E-state index contributed by atoms with van der Waals surface area (Å²) < 4.78 is 25.2. The van der Waals surface area contributed by atoms with Gasteiger partial charge in [-0.3, -0.25) is 4.72 Å². The fraction of sp³-hybridized carbons (Fsp3) is 0.478. The van der Waals surface area contributed by atoms with Crippen molar-refractivity contribution >= 4 is 15.7 Å². The average Bonchev–Trinajstić information content (AvgIpc) is 2.68. The highest BCUT2D eigenvalue weighted by atomic mass is 32.2. The van der Waals surface area contributed by atoms with Crippen molar-refractivity contribution in [2.75, 3.05) is 24.6 Å². The molecule has 2 aromatic carbocycles. The highest BCUT2D eigenvalue weighted by molar-refractivity contribution is 7.92. The van der Waals surface area contributed by atoms with Crippen LogP contribution in [0.5, 0.6) is 0 Å². The third kappa shape index (κ3) is 6.35. The Labute approximate surface area is 170 Å². The monoisotopic (exact) mass is 400 g/mol. The number of hydrogen-bond donors (Lipinski definition) is 1. The predicted molar refractivity (Wildman–Crippen MR) is 117 cm³/mol. The van der Waals surface area contributed by atoms with Crippen LogP contribution in [0, 0.1) is 0 Å². The molecule has 1 saturated carbocycles. The lowest BCUT2D eigenvalue weighted by molar-refractivity contribution is 0.181. The lowest BCUT2D eigenvalue weighted by Crippen LogP contribution is -2.35. The van der Waals surface area contributed by atoms with Gasteiger partial charge in [0.25, 0.3) is 0 Å². The van der Waals surface area contributed by atoms with Crippen molar-refractivity contribution < 1.29 is 8.42 Å². The molecule has 2 aromatic rings. The van der Waals surface area contributed by atoms with Gasteiger partial charge in [0.2, 0.25) is 10.0 Å². The number of sulfonamides is 1. The first-order chi connectivity index (χ1) is 13.4. The van der Waals surface area contributed by atoms with Gasteiger partial charge >= 0.3 is 0 Å². The molecule has 5 heteroatoms. The second kappa shape index (κ2) is 9.57. The Morgan fingerprint density at radius 1 is 0.964 bits per heavy atom. The molecular formula is C23H32N2O2S.